The first-order chi connectivity index (χ1) is 17.7. The van der Waals surface area contributed by atoms with Crippen molar-refractivity contribution in [3.05, 3.63) is 77.4 Å². The van der Waals surface area contributed by atoms with Crippen molar-refractivity contribution in [2.75, 3.05) is 17.2 Å². The van der Waals surface area contributed by atoms with Gasteiger partial charge in [-0.2, -0.15) is 0 Å². The summed E-state index contributed by atoms with van der Waals surface area (Å²) >= 11 is 0. The first-order valence-electron chi connectivity index (χ1n) is 12.7. The highest BCUT2D eigenvalue weighted by molar-refractivity contribution is 6.05. The summed E-state index contributed by atoms with van der Waals surface area (Å²) in [7, 11) is 0. The molecule has 1 saturated carbocycles. The Balaban J connectivity index is 1.34. The Hall–Kier alpha value is -4.07. The number of rotatable bonds is 7. The van der Waals surface area contributed by atoms with Crippen molar-refractivity contribution in [3.8, 4) is 16.9 Å². The monoisotopic (exact) mass is 495 g/mol. The number of hydrogen-bond donors (Lipinski definition) is 2. The van der Waals surface area contributed by atoms with E-state index in [1.165, 1.54) is 12.8 Å². The summed E-state index contributed by atoms with van der Waals surface area (Å²) in [5.41, 5.74) is 6.34. The Morgan fingerprint density at radius 3 is 2.57 bits per heavy atom. The van der Waals surface area contributed by atoms with E-state index in [9.17, 15) is 4.79 Å². The maximum absolute atomic E-state index is 13.2. The molecule has 0 unspecified atom stereocenters. The van der Waals surface area contributed by atoms with Crippen molar-refractivity contribution >= 4 is 17.4 Å². The summed E-state index contributed by atoms with van der Waals surface area (Å²) in [5.74, 6) is 1.48. The van der Waals surface area contributed by atoms with E-state index in [0.717, 1.165) is 46.4 Å². The third kappa shape index (κ3) is 5.69. The van der Waals surface area contributed by atoms with Gasteiger partial charge in [-0.1, -0.05) is 32.1 Å². The van der Waals surface area contributed by atoms with Crippen LogP contribution in [-0.2, 0) is 5.41 Å². The first-order valence-corrected chi connectivity index (χ1v) is 12.7. The highest BCUT2D eigenvalue weighted by Gasteiger charge is 2.21. The zero-order valence-electron chi connectivity index (χ0n) is 22.0. The summed E-state index contributed by atoms with van der Waals surface area (Å²) in [6, 6.07) is 11.7. The second kappa shape index (κ2) is 9.76. The van der Waals surface area contributed by atoms with Crippen LogP contribution in [0.4, 0.5) is 11.5 Å². The average molecular weight is 496 g/mol. The summed E-state index contributed by atoms with van der Waals surface area (Å²) in [6.45, 7) is 11.2. The molecule has 8 heteroatoms. The molecular formula is C29H33N7O. The van der Waals surface area contributed by atoms with E-state index >= 15 is 0 Å². The molecule has 1 aliphatic rings. The minimum atomic E-state index is -0.188. The van der Waals surface area contributed by atoms with Crippen LogP contribution >= 0.6 is 0 Å². The quantitative estimate of drug-likeness (QED) is 0.341. The van der Waals surface area contributed by atoms with Gasteiger partial charge in [-0.15, -0.1) is 5.10 Å². The van der Waals surface area contributed by atoms with Gasteiger partial charge in [0.2, 0.25) is 0 Å². The van der Waals surface area contributed by atoms with Crippen LogP contribution in [0.15, 0.2) is 55.0 Å². The molecule has 8 nitrogen and oxygen atoms in total. The number of anilines is 2. The molecule has 0 saturated heterocycles. The van der Waals surface area contributed by atoms with Crippen molar-refractivity contribution in [3.63, 3.8) is 0 Å². The SMILES string of the molecule is Cc1ccc(NC(=O)c2cc(C(C)(C)C)cnc2C)cc1-n1cc(-c2ccc(NCC3CC3)nc2)nn1. The lowest BCUT2D eigenvalue weighted by atomic mass is 9.87. The number of carbonyl (C=O) groups excluding carboxylic acids is 1. The highest BCUT2D eigenvalue weighted by atomic mass is 16.1. The number of aryl methyl sites for hydroxylation is 2. The van der Waals surface area contributed by atoms with E-state index in [1.54, 1.807) is 4.68 Å². The lowest BCUT2D eigenvalue weighted by Crippen LogP contribution is -2.18. The van der Waals surface area contributed by atoms with Crippen LogP contribution in [0.25, 0.3) is 16.9 Å². The topological polar surface area (TPSA) is 97.6 Å². The number of aromatic nitrogens is 5. The molecule has 1 aromatic carbocycles. The van der Waals surface area contributed by atoms with Crippen LogP contribution in [0.2, 0.25) is 0 Å². The fourth-order valence-electron chi connectivity index (χ4n) is 4.04. The smallest absolute Gasteiger partial charge is 0.257 e. The van der Waals surface area contributed by atoms with Crippen molar-refractivity contribution in [2.45, 2.75) is 52.9 Å². The number of nitrogens with zero attached hydrogens (tertiary/aromatic N) is 5. The summed E-state index contributed by atoms with van der Waals surface area (Å²) < 4.78 is 1.73. The number of carbonyl (C=O) groups is 1. The Morgan fingerprint density at radius 1 is 1.05 bits per heavy atom. The molecule has 37 heavy (non-hydrogen) atoms. The molecular weight excluding hydrogens is 462 g/mol. The van der Waals surface area contributed by atoms with Crippen LogP contribution in [-0.4, -0.2) is 37.4 Å². The summed E-state index contributed by atoms with van der Waals surface area (Å²) in [4.78, 5) is 22.1. The third-order valence-corrected chi connectivity index (χ3v) is 6.73. The van der Waals surface area contributed by atoms with Crippen LogP contribution in [0.5, 0.6) is 0 Å². The second-order valence-electron chi connectivity index (χ2n) is 10.9. The fourth-order valence-corrected chi connectivity index (χ4v) is 4.04. The standard InChI is InChI=1S/C29H33N7O/c1-18-6-10-23(33-28(37)24-12-22(29(3,4)5)16-30-19(24)2)13-26(18)36-17-25(34-35-36)21-9-11-27(32-15-21)31-14-20-7-8-20/h6,9-13,15-17,20H,7-8,14H2,1-5H3,(H,31,32)(H,33,37). The summed E-state index contributed by atoms with van der Waals surface area (Å²) in [5, 5.41) is 15.1. The minimum Gasteiger partial charge on any atom is -0.370 e. The number of benzene rings is 1. The zero-order valence-corrected chi connectivity index (χ0v) is 22.0. The number of amides is 1. The van der Waals surface area contributed by atoms with Gasteiger partial charge in [0.15, 0.2) is 0 Å². The predicted molar refractivity (Wildman–Crippen MR) is 146 cm³/mol. The van der Waals surface area contributed by atoms with Crippen LogP contribution in [0.1, 0.15) is 60.8 Å². The molecule has 0 bridgehead atoms. The van der Waals surface area contributed by atoms with E-state index in [2.05, 4.69) is 51.7 Å². The molecule has 2 N–H and O–H groups in total. The number of nitrogens with one attached hydrogen (secondary N) is 2. The molecule has 0 radical (unpaired) electrons. The Morgan fingerprint density at radius 2 is 1.86 bits per heavy atom. The Labute approximate surface area is 217 Å². The molecule has 0 aliphatic heterocycles. The van der Waals surface area contributed by atoms with E-state index < -0.39 is 0 Å². The van der Waals surface area contributed by atoms with Crippen LogP contribution < -0.4 is 10.6 Å². The predicted octanol–water partition coefficient (Wildman–Crippen LogP) is 5.71. The number of pyridine rings is 2. The molecule has 0 atom stereocenters. The molecule has 1 amide bonds. The molecule has 190 valence electrons. The molecule has 1 aliphatic carbocycles. The van der Waals surface area contributed by atoms with Crippen molar-refractivity contribution in [2.24, 2.45) is 5.92 Å². The maximum Gasteiger partial charge on any atom is 0.257 e. The van der Waals surface area contributed by atoms with Gasteiger partial charge in [0.1, 0.15) is 11.5 Å². The second-order valence-corrected chi connectivity index (χ2v) is 10.9. The molecule has 1 fully saturated rings. The van der Waals surface area contributed by atoms with Crippen molar-refractivity contribution in [1.82, 2.24) is 25.0 Å². The van der Waals surface area contributed by atoms with Gasteiger partial charge in [0, 0.05) is 35.9 Å². The van der Waals surface area contributed by atoms with Gasteiger partial charge in [-0.05, 0) is 79.5 Å². The van der Waals surface area contributed by atoms with E-state index in [4.69, 9.17) is 0 Å². The van der Waals surface area contributed by atoms with E-state index in [0.29, 0.717) is 16.9 Å². The average Bonchev–Trinajstić information content (AvgIpc) is 3.57. The Kier molecular flexibility index (Phi) is 6.50. The van der Waals surface area contributed by atoms with Crippen LogP contribution in [0.3, 0.4) is 0 Å². The Bertz CT molecular complexity index is 1430. The minimum absolute atomic E-state index is 0.0967. The fraction of sp³-hybridized carbons (Fsp3) is 0.345. The molecule has 4 aromatic rings. The van der Waals surface area contributed by atoms with Gasteiger partial charge in [0.25, 0.3) is 5.91 Å². The van der Waals surface area contributed by atoms with Crippen LogP contribution in [0, 0.1) is 19.8 Å². The van der Waals surface area contributed by atoms with Gasteiger partial charge >= 0.3 is 0 Å². The summed E-state index contributed by atoms with van der Waals surface area (Å²) in [6.07, 6.45) is 8.14. The maximum atomic E-state index is 13.2. The molecule has 5 rings (SSSR count). The van der Waals surface area contributed by atoms with E-state index in [-0.39, 0.29) is 11.3 Å². The number of hydrogen-bond acceptors (Lipinski definition) is 6. The largest absolute Gasteiger partial charge is 0.370 e. The van der Waals surface area contributed by atoms with E-state index in [1.807, 2.05) is 68.8 Å². The van der Waals surface area contributed by atoms with Gasteiger partial charge in [-0.3, -0.25) is 9.78 Å². The molecule has 3 heterocycles. The van der Waals surface area contributed by atoms with Gasteiger partial charge in [-0.25, -0.2) is 9.67 Å². The van der Waals surface area contributed by atoms with Gasteiger partial charge in [0.05, 0.1) is 17.4 Å². The van der Waals surface area contributed by atoms with Crippen molar-refractivity contribution < 1.29 is 4.79 Å². The first kappa shape index (κ1) is 24.6. The van der Waals surface area contributed by atoms with Gasteiger partial charge < -0.3 is 10.6 Å². The molecule has 0 spiro atoms. The highest BCUT2D eigenvalue weighted by Crippen LogP contribution is 2.29. The third-order valence-electron chi connectivity index (χ3n) is 6.73. The normalized spacial score (nSPS) is 13.4. The lowest BCUT2D eigenvalue weighted by Gasteiger charge is -2.20. The lowest BCUT2D eigenvalue weighted by molar-refractivity contribution is 0.102. The zero-order chi connectivity index (χ0) is 26.2. The van der Waals surface area contributed by atoms with Crippen molar-refractivity contribution in [1.29, 1.82) is 0 Å². The molecule has 3 aromatic heterocycles.